The van der Waals surface area contributed by atoms with E-state index in [4.69, 9.17) is 22.0 Å². The molecule has 5 atom stereocenters. The lowest BCUT2D eigenvalue weighted by Crippen LogP contribution is -2.58. The number of amides is 8. The minimum Gasteiger partial charge on any atom is -0.480 e. The Labute approximate surface area is 330 Å². The molecule has 8 amide bonds. The molecule has 0 unspecified atom stereocenters. The van der Waals surface area contributed by atoms with Crippen LogP contribution in [0.3, 0.4) is 0 Å². The number of carboxylic acids is 1. The molecule has 1 saturated heterocycles. The van der Waals surface area contributed by atoms with Crippen LogP contribution < -0.4 is 54.0 Å². The van der Waals surface area contributed by atoms with Crippen LogP contribution in [0.1, 0.15) is 59.8 Å². The van der Waals surface area contributed by atoms with Crippen molar-refractivity contribution in [1.82, 2.24) is 47.4 Å². The van der Waals surface area contributed by atoms with Gasteiger partial charge in [0.1, 0.15) is 30.7 Å². The van der Waals surface area contributed by atoms with Gasteiger partial charge in [0.25, 0.3) is 0 Å². The SMILES string of the molecule is CC(C)C[C@H](NC(=O)[C@@H]1CCCN1C(=O)CNC(=O)[C@@H](N)CS)C(=O)NCC(=O)N[C@H](C(=O)N[C@@H](CCCNC(=N)N)C(=O)NCC(=O)NCC(=O)O)C(C)C. The van der Waals surface area contributed by atoms with Crippen LogP contribution in [0.5, 0.6) is 0 Å². The molecular formula is C33H58N12O10S. The average Bonchev–Trinajstić information content (AvgIpc) is 3.63. The maximum atomic E-state index is 13.4. The van der Waals surface area contributed by atoms with Gasteiger partial charge in [0.15, 0.2) is 5.96 Å². The molecule has 0 aromatic heterocycles. The molecule has 316 valence electrons. The lowest BCUT2D eigenvalue weighted by Gasteiger charge is -2.27. The summed E-state index contributed by atoms with van der Waals surface area (Å²) in [4.78, 5) is 115. The van der Waals surface area contributed by atoms with E-state index in [9.17, 15) is 43.2 Å². The van der Waals surface area contributed by atoms with Gasteiger partial charge in [-0.2, -0.15) is 12.6 Å². The Bertz CT molecular complexity index is 1430. The number of carboxylic acid groups (broad SMARTS) is 1. The summed E-state index contributed by atoms with van der Waals surface area (Å²) < 4.78 is 0. The van der Waals surface area contributed by atoms with Crippen molar-refractivity contribution in [2.75, 3.05) is 45.0 Å². The quantitative estimate of drug-likeness (QED) is 0.0189. The van der Waals surface area contributed by atoms with E-state index in [0.717, 1.165) is 0 Å². The Balaban J connectivity index is 2.91. The van der Waals surface area contributed by atoms with E-state index in [-0.39, 0.29) is 56.5 Å². The summed E-state index contributed by atoms with van der Waals surface area (Å²) in [6, 6.07) is -5.25. The van der Waals surface area contributed by atoms with Gasteiger partial charge >= 0.3 is 5.97 Å². The number of guanidine groups is 1. The highest BCUT2D eigenvalue weighted by molar-refractivity contribution is 7.80. The van der Waals surface area contributed by atoms with E-state index in [0.29, 0.717) is 12.8 Å². The third-order valence-electron chi connectivity index (χ3n) is 8.33. The van der Waals surface area contributed by atoms with Crippen molar-refractivity contribution in [2.45, 2.75) is 90.0 Å². The first-order valence-electron chi connectivity index (χ1n) is 18.2. The number of aliphatic carboxylic acids is 1. The van der Waals surface area contributed by atoms with Gasteiger partial charge < -0.3 is 64.0 Å². The first kappa shape index (κ1) is 48.8. The topological polar surface area (TPSA) is 349 Å². The lowest BCUT2D eigenvalue weighted by molar-refractivity contribution is -0.140. The molecule has 22 nitrogen and oxygen atoms in total. The molecule has 1 heterocycles. The molecular weight excluding hydrogens is 757 g/mol. The maximum absolute atomic E-state index is 13.4. The fraction of sp³-hybridized carbons (Fsp3) is 0.697. The predicted molar refractivity (Wildman–Crippen MR) is 205 cm³/mol. The van der Waals surface area contributed by atoms with Crippen LogP contribution >= 0.6 is 12.6 Å². The summed E-state index contributed by atoms with van der Waals surface area (Å²) in [7, 11) is 0. The maximum Gasteiger partial charge on any atom is 0.322 e. The number of hydrogen-bond donors (Lipinski definition) is 13. The van der Waals surface area contributed by atoms with Gasteiger partial charge in [-0.1, -0.05) is 27.7 Å². The lowest BCUT2D eigenvalue weighted by atomic mass is 10.0. The molecule has 0 aromatic carbocycles. The molecule has 0 saturated carbocycles. The molecule has 1 aliphatic heterocycles. The van der Waals surface area contributed by atoms with E-state index < -0.39 is 109 Å². The molecule has 1 aliphatic rings. The second-order valence-corrected chi connectivity index (χ2v) is 14.2. The third kappa shape index (κ3) is 18.4. The summed E-state index contributed by atoms with van der Waals surface area (Å²) in [5, 5.41) is 35.7. The van der Waals surface area contributed by atoms with Crippen LogP contribution in [0, 0.1) is 17.2 Å². The predicted octanol–water partition coefficient (Wildman–Crippen LogP) is -4.80. The largest absolute Gasteiger partial charge is 0.480 e. The number of hydrogen-bond acceptors (Lipinski definition) is 12. The fourth-order valence-electron chi connectivity index (χ4n) is 5.42. The monoisotopic (exact) mass is 814 g/mol. The number of nitrogens with two attached hydrogens (primary N) is 2. The average molecular weight is 815 g/mol. The molecule has 0 aliphatic carbocycles. The molecule has 14 N–H and O–H groups in total. The Morgan fingerprint density at radius 1 is 0.786 bits per heavy atom. The van der Waals surface area contributed by atoms with Gasteiger partial charge in [0, 0.05) is 18.8 Å². The minimum atomic E-state index is -1.28. The highest BCUT2D eigenvalue weighted by atomic mass is 32.1. The molecule has 1 rings (SSSR count). The molecule has 1 fully saturated rings. The second-order valence-electron chi connectivity index (χ2n) is 13.9. The zero-order valence-corrected chi connectivity index (χ0v) is 33.1. The Morgan fingerprint density at radius 2 is 1.39 bits per heavy atom. The van der Waals surface area contributed by atoms with Gasteiger partial charge in [-0.3, -0.25) is 48.6 Å². The van der Waals surface area contributed by atoms with Crippen LogP contribution in [-0.4, -0.2) is 144 Å². The Hall–Kier alpha value is -5.19. The first-order valence-corrected chi connectivity index (χ1v) is 18.9. The summed E-state index contributed by atoms with van der Waals surface area (Å²) in [5.41, 5.74) is 10.9. The zero-order chi connectivity index (χ0) is 42.5. The minimum absolute atomic E-state index is 0.0286. The van der Waals surface area contributed by atoms with Gasteiger partial charge in [-0.25, -0.2) is 0 Å². The molecule has 0 spiro atoms. The van der Waals surface area contributed by atoms with Crippen molar-refractivity contribution >= 4 is 71.8 Å². The van der Waals surface area contributed by atoms with Crippen LogP contribution in [0.4, 0.5) is 0 Å². The van der Waals surface area contributed by atoms with Crippen LogP contribution in [0.25, 0.3) is 0 Å². The van der Waals surface area contributed by atoms with Crippen molar-refractivity contribution in [3.8, 4) is 0 Å². The van der Waals surface area contributed by atoms with Crippen molar-refractivity contribution < 1.29 is 48.3 Å². The summed E-state index contributed by atoms with van der Waals surface area (Å²) in [5.74, 6) is -7.44. The molecule has 23 heteroatoms. The highest BCUT2D eigenvalue weighted by Gasteiger charge is 2.36. The number of carbonyl (C=O) groups is 9. The standard InChI is InChI=1S/C33H58N12O10S/c1-17(2)11-21(43-31(54)22-8-6-10-45(22)25(48)14-41-28(51)19(34)16-56)30(53)40-13-24(47)44-27(18(3)4)32(55)42-20(7-5-9-37-33(35)36)29(52)39-12-23(46)38-15-26(49)50/h17-22,27,56H,5-16,34H2,1-4H3,(H,38,46)(H,39,52)(H,40,53)(H,41,51)(H,42,55)(H,43,54)(H,44,47)(H,49,50)(H4,35,36,37)/t19-,20-,21-,22-,27-/m0/s1. The highest BCUT2D eigenvalue weighted by Crippen LogP contribution is 2.18. The summed E-state index contributed by atoms with van der Waals surface area (Å²) in [6.45, 7) is 5.20. The first-order chi connectivity index (χ1) is 26.3. The summed E-state index contributed by atoms with van der Waals surface area (Å²) >= 11 is 3.96. The zero-order valence-electron chi connectivity index (χ0n) is 32.2. The second kappa shape index (κ2) is 25.1. The van der Waals surface area contributed by atoms with Crippen molar-refractivity contribution in [3.63, 3.8) is 0 Å². The van der Waals surface area contributed by atoms with Crippen molar-refractivity contribution in [3.05, 3.63) is 0 Å². The van der Waals surface area contributed by atoms with E-state index in [2.05, 4.69) is 55.2 Å². The Morgan fingerprint density at radius 3 is 1.96 bits per heavy atom. The number of nitrogens with one attached hydrogen (secondary N) is 9. The van der Waals surface area contributed by atoms with E-state index in [1.807, 2.05) is 13.8 Å². The van der Waals surface area contributed by atoms with E-state index in [1.165, 1.54) is 4.90 Å². The van der Waals surface area contributed by atoms with Gasteiger partial charge in [-0.15, -0.1) is 0 Å². The molecule has 56 heavy (non-hydrogen) atoms. The normalized spacial score (nSPS) is 15.7. The smallest absolute Gasteiger partial charge is 0.322 e. The van der Waals surface area contributed by atoms with Crippen LogP contribution in [-0.2, 0) is 43.2 Å². The van der Waals surface area contributed by atoms with Crippen molar-refractivity contribution in [1.29, 1.82) is 5.41 Å². The van der Waals surface area contributed by atoms with Crippen LogP contribution in [0.2, 0.25) is 0 Å². The molecule has 0 bridgehead atoms. The van der Waals surface area contributed by atoms with E-state index in [1.54, 1.807) is 13.8 Å². The van der Waals surface area contributed by atoms with Crippen LogP contribution in [0.15, 0.2) is 0 Å². The third-order valence-corrected chi connectivity index (χ3v) is 8.72. The Kier molecular flexibility index (Phi) is 21.9. The fourth-order valence-corrected chi connectivity index (χ4v) is 5.59. The molecule has 0 radical (unpaired) electrons. The number of rotatable bonds is 24. The van der Waals surface area contributed by atoms with Gasteiger partial charge in [0.05, 0.1) is 25.7 Å². The molecule has 0 aromatic rings. The van der Waals surface area contributed by atoms with Gasteiger partial charge in [-0.05, 0) is 43.9 Å². The van der Waals surface area contributed by atoms with E-state index >= 15 is 0 Å². The van der Waals surface area contributed by atoms with Gasteiger partial charge in [0.2, 0.25) is 47.3 Å². The number of carbonyl (C=O) groups excluding carboxylic acids is 8. The number of likely N-dealkylation sites (tertiary alicyclic amines) is 1. The van der Waals surface area contributed by atoms with Crippen molar-refractivity contribution in [2.24, 2.45) is 23.3 Å². The summed E-state index contributed by atoms with van der Waals surface area (Å²) in [6.07, 6.45) is 1.33. The number of thiol groups is 1. The number of nitrogens with zero attached hydrogens (tertiary/aromatic N) is 1.